The van der Waals surface area contributed by atoms with Crippen LogP contribution >= 0.6 is 11.6 Å². The molecule has 1 saturated heterocycles. The molecule has 1 fully saturated rings. The summed E-state index contributed by atoms with van der Waals surface area (Å²) in [6.45, 7) is 0.989. The van der Waals surface area contributed by atoms with Crippen molar-refractivity contribution in [3.8, 4) is 0 Å². The first-order valence-corrected chi connectivity index (χ1v) is 12.3. The smallest absolute Gasteiger partial charge is 0.246 e. The number of pyridine rings is 1. The molecule has 0 spiro atoms. The lowest BCUT2D eigenvalue weighted by molar-refractivity contribution is -0.123. The van der Waals surface area contributed by atoms with E-state index in [0.29, 0.717) is 19.4 Å². The highest BCUT2D eigenvalue weighted by molar-refractivity contribution is 7.89. The van der Waals surface area contributed by atoms with Crippen molar-refractivity contribution >= 4 is 33.2 Å². The largest absolute Gasteiger partial charge is 0.308 e. The van der Waals surface area contributed by atoms with E-state index in [-0.39, 0.29) is 35.0 Å². The topological polar surface area (TPSA) is 70.6 Å². The van der Waals surface area contributed by atoms with Crippen LogP contribution in [0.5, 0.6) is 0 Å². The fourth-order valence-corrected chi connectivity index (χ4v) is 5.83. The minimum atomic E-state index is -3.75. The van der Waals surface area contributed by atoms with Gasteiger partial charge in [0.2, 0.25) is 15.9 Å². The van der Waals surface area contributed by atoms with Crippen molar-refractivity contribution < 1.29 is 13.2 Å². The first kappa shape index (κ1) is 22.5. The molecule has 1 aliphatic rings. The summed E-state index contributed by atoms with van der Waals surface area (Å²) in [6.07, 6.45) is 2.36. The van der Waals surface area contributed by atoms with Crippen LogP contribution in [-0.4, -0.2) is 36.7 Å². The van der Waals surface area contributed by atoms with Crippen LogP contribution in [0.1, 0.15) is 18.4 Å². The number of nitrogens with zero attached hydrogens (tertiary/aromatic N) is 3. The Kier molecular flexibility index (Phi) is 6.89. The summed E-state index contributed by atoms with van der Waals surface area (Å²) in [5.41, 5.74) is 1.87. The van der Waals surface area contributed by atoms with Gasteiger partial charge in [-0.25, -0.2) is 13.4 Å². The number of aromatic nitrogens is 1. The molecule has 8 heteroatoms. The summed E-state index contributed by atoms with van der Waals surface area (Å²) < 4.78 is 27.4. The number of hydrogen-bond acceptors (Lipinski definition) is 4. The number of amides is 1. The van der Waals surface area contributed by atoms with Crippen LogP contribution in [0.15, 0.2) is 83.9 Å². The van der Waals surface area contributed by atoms with Gasteiger partial charge >= 0.3 is 0 Å². The van der Waals surface area contributed by atoms with Gasteiger partial charge in [-0.2, -0.15) is 4.31 Å². The van der Waals surface area contributed by atoms with Crippen molar-refractivity contribution in [1.29, 1.82) is 0 Å². The highest BCUT2D eigenvalue weighted by atomic mass is 35.5. The number of sulfonamides is 1. The molecule has 0 bridgehead atoms. The predicted octanol–water partition coefficient (Wildman–Crippen LogP) is 4.37. The second-order valence-electron chi connectivity index (χ2n) is 7.72. The van der Waals surface area contributed by atoms with Crippen molar-refractivity contribution in [3.63, 3.8) is 0 Å². The summed E-state index contributed by atoms with van der Waals surface area (Å²) in [7, 11) is -3.75. The van der Waals surface area contributed by atoms with E-state index in [1.807, 2.05) is 60.7 Å². The van der Waals surface area contributed by atoms with Gasteiger partial charge in [-0.15, -0.1) is 0 Å². The molecule has 32 heavy (non-hydrogen) atoms. The fraction of sp³-hybridized carbons (Fsp3) is 0.250. The number of halogens is 1. The van der Waals surface area contributed by atoms with Crippen LogP contribution in [-0.2, 0) is 21.4 Å². The van der Waals surface area contributed by atoms with Crippen molar-refractivity contribution in [2.75, 3.05) is 18.0 Å². The first-order chi connectivity index (χ1) is 15.5. The number of rotatable bonds is 6. The Bertz CT molecular complexity index is 1170. The fourth-order valence-electron chi connectivity index (χ4n) is 3.94. The van der Waals surface area contributed by atoms with Crippen molar-refractivity contribution in [2.24, 2.45) is 5.92 Å². The SMILES string of the molecule is O=C(C1CCN(S(=O)(=O)c2cccnc2Cl)CC1)N(Cc1ccccc1)c1ccccc1. The second kappa shape index (κ2) is 9.81. The molecule has 2 aromatic carbocycles. The molecule has 0 saturated carbocycles. The summed E-state index contributed by atoms with van der Waals surface area (Å²) in [6, 6.07) is 22.4. The molecule has 1 aliphatic heterocycles. The molecule has 0 atom stereocenters. The molecule has 6 nitrogen and oxygen atoms in total. The third-order valence-corrected chi connectivity index (χ3v) is 8.01. The average Bonchev–Trinajstić information content (AvgIpc) is 2.83. The molecule has 2 heterocycles. The van der Waals surface area contributed by atoms with Gasteiger partial charge in [0.15, 0.2) is 0 Å². The van der Waals surface area contributed by atoms with Gasteiger partial charge < -0.3 is 4.90 Å². The Labute approximate surface area is 193 Å². The molecule has 0 N–H and O–H groups in total. The summed E-state index contributed by atoms with van der Waals surface area (Å²) in [5.74, 6) is -0.244. The van der Waals surface area contributed by atoms with E-state index in [1.165, 1.54) is 16.6 Å². The quantitative estimate of drug-likeness (QED) is 0.502. The van der Waals surface area contributed by atoms with Gasteiger partial charge in [0, 0.05) is 30.9 Å². The maximum atomic E-state index is 13.5. The number of hydrogen-bond donors (Lipinski definition) is 0. The Morgan fingerprint density at radius 3 is 2.22 bits per heavy atom. The van der Waals surface area contributed by atoms with Gasteiger partial charge in [-0.3, -0.25) is 4.79 Å². The van der Waals surface area contributed by atoms with Crippen LogP contribution in [0.3, 0.4) is 0 Å². The second-order valence-corrected chi connectivity index (χ2v) is 9.98. The van der Waals surface area contributed by atoms with Gasteiger partial charge in [0.25, 0.3) is 0 Å². The molecule has 1 amide bonds. The van der Waals surface area contributed by atoms with Gasteiger partial charge in [0.05, 0.1) is 6.54 Å². The normalized spacial score (nSPS) is 15.4. The van der Waals surface area contributed by atoms with Crippen LogP contribution in [0.25, 0.3) is 0 Å². The standard InChI is InChI=1S/C24H24ClN3O3S/c25-23-22(12-7-15-26-23)32(30,31)27-16-13-20(14-17-27)24(29)28(21-10-5-2-6-11-21)18-19-8-3-1-4-9-19/h1-12,15,20H,13-14,16-18H2. The Morgan fingerprint density at radius 2 is 1.59 bits per heavy atom. The molecule has 1 aromatic heterocycles. The van der Waals surface area contributed by atoms with Gasteiger partial charge in [-0.1, -0.05) is 60.1 Å². The van der Waals surface area contributed by atoms with E-state index in [1.54, 1.807) is 11.0 Å². The van der Waals surface area contributed by atoms with Crippen LogP contribution in [0.2, 0.25) is 5.15 Å². The third-order valence-electron chi connectivity index (χ3n) is 5.66. The van der Waals surface area contributed by atoms with Crippen molar-refractivity contribution in [3.05, 3.63) is 89.7 Å². The molecule has 0 unspecified atom stereocenters. The maximum Gasteiger partial charge on any atom is 0.246 e. The van der Waals surface area contributed by atoms with Crippen molar-refractivity contribution in [1.82, 2.24) is 9.29 Å². The minimum absolute atomic E-state index is 0.00133. The zero-order valence-electron chi connectivity index (χ0n) is 17.5. The van der Waals surface area contributed by atoms with E-state index in [9.17, 15) is 13.2 Å². The number of carbonyl (C=O) groups is 1. The summed E-state index contributed by atoms with van der Waals surface area (Å²) in [4.78, 5) is 19.2. The monoisotopic (exact) mass is 469 g/mol. The van der Waals surface area contributed by atoms with Crippen LogP contribution < -0.4 is 4.90 Å². The van der Waals surface area contributed by atoms with E-state index in [4.69, 9.17) is 11.6 Å². The lowest BCUT2D eigenvalue weighted by atomic mass is 9.96. The number of benzene rings is 2. The molecule has 0 radical (unpaired) electrons. The molecular weight excluding hydrogens is 446 g/mol. The number of anilines is 1. The summed E-state index contributed by atoms with van der Waals surface area (Å²) in [5, 5.41) is -0.0381. The lowest BCUT2D eigenvalue weighted by Crippen LogP contribution is -2.44. The number of piperidine rings is 1. The molecular formula is C24H24ClN3O3S. The van der Waals surface area contributed by atoms with Crippen LogP contribution in [0, 0.1) is 5.92 Å². The summed E-state index contributed by atoms with van der Waals surface area (Å²) >= 11 is 6.02. The Balaban J connectivity index is 1.50. The Morgan fingerprint density at radius 1 is 0.969 bits per heavy atom. The van der Waals surface area contributed by atoms with Gasteiger partial charge in [-0.05, 0) is 42.7 Å². The van der Waals surface area contributed by atoms with E-state index >= 15 is 0 Å². The van der Waals surface area contributed by atoms with Crippen molar-refractivity contribution in [2.45, 2.75) is 24.3 Å². The number of para-hydroxylation sites is 1. The van der Waals surface area contributed by atoms with E-state index in [2.05, 4.69) is 4.98 Å². The first-order valence-electron chi connectivity index (χ1n) is 10.5. The highest BCUT2D eigenvalue weighted by Gasteiger charge is 2.35. The van der Waals surface area contributed by atoms with E-state index < -0.39 is 10.0 Å². The molecule has 3 aromatic rings. The average molecular weight is 470 g/mol. The highest BCUT2D eigenvalue weighted by Crippen LogP contribution is 2.29. The van der Waals surface area contributed by atoms with Crippen LogP contribution in [0.4, 0.5) is 5.69 Å². The molecule has 166 valence electrons. The number of carbonyl (C=O) groups excluding carboxylic acids is 1. The maximum absolute atomic E-state index is 13.5. The third kappa shape index (κ3) is 4.85. The van der Waals surface area contributed by atoms with Gasteiger partial charge in [0.1, 0.15) is 10.0 Å². The minimum Gasteiger partial charge on any atom is -0.308 e. The van der Waals surface area contributed by atoms with E-state index in [0.717, 1.165) is 11.3 Å². The molecule has 4 rings (SSSR count). The lowest BCUT2D eigenvalue weighted by Gasteiger charge is -2.34. The molecule has 0 aliphatic carbocycles. The Hall–Kier alpha value is -2.74. The zero-order valence-corrected chi connectivity index (χ0v) is 19.0. The predicted molar refractivity (Wildman–Crippen MR) is 125 cm³/mol. The zero-order chi connectivity index (χ0) is 22.6.